The van der Waals surface area contributed by atoms with E-state index in [0.717, 1.165) is 24.2 Å². The lowest BCUT2D eigenvalue weighted by atomic mass is 9.92. The Hall–Kier alpha value is -3.65. The Bertz CT molecular complexity index is 1280. The minimum Gasteiger partial charge on any atom is -0.346 e. The lowest BCUT2D eigenvalue weighted by Crippen LogP contribution is -2.03. The van der Waals surface area contributed by atoms with E-state index in [1.807, 2.05) is 0 Å². The van der Waals surface area contributed by atoms with Crippen molar-refractivity contribution in [1.29, 1.82) is 0 Å². The second kappa shape index (κ2) is 6.46. The molecule has 1 aliphatic carbocycles. The molecule has 0 unspecified atom stereocenters. The molecule has 138 valence electrons. The summed E-state index contributed by atoms with van der Waals surface area (Å²) in [5.74, 6) is 0. The molecule has 4 aromatic rings. The normalized spacial score (nSPS) is 14.5. The standard InChI is InChI=1S/C27H20N2/c1-3-8-22-18(6-1)16-25-23(9-5-10-24(22)25)19-12-13-27-21(14-19)15-20-7-2-4-11-26(20)28-17-29-27/h1-14,17H,15-16H2,(H,28,29). The molecule has 1 N–H and O–H groups in total. The molecular weight excluding hydrogens is 352 g/mol. The van der Waals surface area contributed by atoms with E-state index in [1.54, 1.807) is 6.34 Å². The summed E-state index contributed by atoms with van der Waals surface area (Å²) in [4.78, 5) is 4.65. The molecule has 0 spiro atoms. The van der Waals surface area contributed by atoms with Crippen LogP contribution < -0.4 is 5.32 Å². The lowest BCUT2D eigenvalue weighted by Gasteiger charge is -2.16. The van der Waals surface area contributed by atoms with Crippen LogP contribution in [0.4, 0.5) is 11.4 Å². The van der Waals surface area contributed by atoms with Crippen LogP contribution in [-0.2, 0) is 12.8 Å². The van der Waals surface area contributed by atoms with Crippen LogP contribution in [0.2, 0.25) is 0 Å². The smallest absolute Gasteiger partial charge is 0.0930 e. The Morgan fingerprint density at radius 2 is 1.41 bits per heavy atom. The highest BCUT2D eigenvalue weighted by Gasteiger charge is 2.21. The van der Waals surface area contributed by atoms with Gasteiger partial charge in [0.05, 0.1) is 12.0 Å². The van der Waals surface area contributed by atoms with Crippen molar-refractivity contribution in [2.45, 2.75) is 12.8 Å². The van der Waals surface area contributed by atoms with Crippen molar-refractivity contribution in [3.05, 3.63) is 107 Å². The van der Waals surface area contributed by atoms with Crippen LogP contribution in [0, 0.1) is 0 Å². The summed E-state index contributed by atoms with van der Waals surface area (Å²) in [7, 11) is 0. The Morgan fingerprint density at radius 1 is 0.621 bits per heavy atom. The Labute approximate surface area is 170 Å². The van der Waals surface area contributed by atoms with Crippen molar-refractivity contribution < 1.29 is 0 Å². The average molecular weight is 372 g/mol. The highest BCUT2D eigenvalue weighted by atomic mass is 14.9. The second-order valence-corrected chi connectivity index (χ2v) is 7.75. The van der Waals surface area contributed by atoms with Gasteiger partial charge in [-0.15, -0.1) is 0 Å². The number of aliphatic imine (C=N–C) groups is 1. The van der Waals surface area contributed by atoms with E-state index in [0.29, 0.717) is 0 Å². The van der Waals surface area contributed by atoms with Gasteiger partial charge in [-0.25, -0.2) is 4.99 Å². The second-order valence-electron chi connectivity index (χ2n) is 7.75. The van der Waals surface area contributed by atoms with Crippen LogP contribution >= 0.6 is 0 Å². The van der Waals surface area contributed by atoms with E-state index in [4.69, 9.17) is 0 Å². The molecular formula is C27H20N2. The first-order valence-corrected chi connectivity index (χ1v) is 10.1. The maximum atomic E-state index is 4.65. The Morgan fingerprint density at radius 3 is 2.38 bits per heavy atom. The van der Waals surface area contributed by atoms with Gasteiger partial charge in [0.2, 0.25) is 0 Å². The molecule has 0 atom stereocenters. The van der Waals surface area contributed by atoms with Crippen LogP contribution in [0.25, 0.3) is 22.3 Å². The van der Waals surface area contributed by atoms with E-state index < -0.39 is 0 Å². The quantitative estimate of drug-likeness (QED) is 0.352. The number of anilines is 1. The summed E-state index contributed by atoms with van der Waals surface area (Å²) in [6.07, 6.45) is 3.68. The predicted octanol–water partition coefficient (Wildman–Crippen LogP) is 6.60. The van der Waals surface area contributed by atoms with Crippen molar-refractivity contribution in [2.24, 2.45) is 4.99 Å². The summed E-state index contributed by atoms with van der Waals surface area (Å²) >= 11 is 0. The average Bonchev–Trinajstić information content (AvgIpc) is 3.13. The number of fused-ring (bicyclic) bond motifs is 5. The molecule has 4 aromatic carbocycles. The topological polar surface area (TPSA) is 24.4 Å². The molecule has 0 amide bonds. The third-order valence-corrected chi connectivity index (χ3v) is 6.06. The largest absolute Gasteiger partial charge is 0.346 e. The van der Waals surface area contributed by atoms with Gasteiger partial charge in [-0.3, -0.25) is 0 Å². The van der Waals surface area contributed by atoms with E-state index in [9.17, 15) is 0 Å². The first-order chi connectivity index (χ1) is 14.4. The summed E-state index contributed by atoms with van der Waals surface area (Å²) in [5, 5.41) is 3.30. The zero-order chi connectivity index (χ0) is 19.2. The molecule has 2 heteroatoms. The molecule has 6 rings (SSSR count). The molecule has 0 bridgehead atoms. The van der Waals surface area contributed by atoms with Gasteiger partial charge < -0.3 is 5.32 Å². The number of nitrogens with zero attached hydrogens (tertiary/aromatic N) is 1. The minimum atomic E-state index is 0.874. The van der Waals surface area contributed by atoms with Crippen molar-refractivity contribution in [1.82, 2.24) is 0 Å². The predicted molar refractivity (Wildman–Crippen MR) is 121 cm³/mol. The van der Waals surface area contributed by atoms with Crippen molar-refractivity contribution >= 4 is 17.7 Å². The zero-order valence-electron chi connectivity index (χ0n) is 16.0. The molecule has 0 saturated heterocycles. The molecule has 0 aromatic heterocycles. The van der Waals surface area contributed by atoms with E-state index in [-0.39, 0.29) is 0 Å². The number of para-hydroxylation sites is 1. The number of hydrogen-bond donors (Lipinski definition) is 1. The number of nitrogens with one attached hydrogen (secondary N) is 1. The summed E-state index contributed by atoms with van der Waals surface area (Å²) in [6, 6.07) is 30.6. The van der Waals surface area contributed by atoms with Crippen molar-refractivity contribution in [3.8, 4) is 22.3 Å². The molecule has 0 saturated carbocycles. The van der Waals surface area contributed by atoms with Crippen LogP contribution in [0.15, 0.2) is 89.9 Å². The van der Waals surface area contributed by atoms with E-state index >= 15 is 0 Å². The minimum absolute atomic E-state index is 0.874. The maximum Gasteiger partial charge on any atom is 0.0930 e. The van der Waals surface area contributed by atoms with Gasteiger partial charge in [0.25, 0.3) is 0 Å². The van der Waals surface area contributed by atoms with Crippen LogP contribution in [0.1, 0.15) is 22.3 Å². The zero-order valence-corrected chi connectivity index (χ0v) is 16.0. The fourth-order valence-electron chi connectivity index (χ4n) is 4.64. The molecule has 29 heavy (non-hydrogen) atoms. The van der Waals surface area contributed by atoms with Gasteiger partial charge in [-0.05, 0) is 69.1 Å². The maximum absolute atomic E-state index is 4.65. The molecule has 2 nitrogen and oxygen atoms in total. The Kier molecular flexibility index (Phi) is 3.63. The van der Waals surface area contributed by atoms with Gasteiger partial charge in [-0.1, -0.05) is 66.7 Å². The number of hydrogen-bond acceptors (Lipinski definition) is 2. The third-order valence-electron chi connectivity index (χ3n) is 6.06. The fourth-order valence-corrected chi connectivity index (χ4v) is 4.64. The van der Waals surface area contributed by atoms with Crippen LogP contribution in [0.5, 0.6) is 0 Å². The summed E-state index contributed by atoms with van der Waals surface area (Å²) in [5.41, 5.74) is 12.9. The first-order valence-electron chi connectivity index (χ1n) is 10.1. The van der Waals surface area contributed by atoms with E-state index in [1.165, 1.54) is 44.5 Å². The van der Waals surface area contributed by atoms with Crippen molar-refractivity contribution in [3.63, 3.8) is 0 Å². The van der Waals surface area contributed by atoms with Gasteiger partial charge in [-0.2, -0.15) is 0 Å². The molecule has 0 radical (unpaired) electrons. The molecule has 1 aliphatic heterocycles. The highest BCUT2D eigenvalue weighted by molar-refractivity contribution is 5.86. The first kappa shape index (κ1) is 16.3. The highest BCUT2D eigenvalue weighted by Crippen LogP contribution is 2.42. The number of rotatable bonds is 1. The number of benzene rings is 4. The van der Waals surface area contributed by atoms with E-state index in [2.05, 4.69) is 95.2 Å². The van der Waals surface area contributed by atoms with Crippen LogP contribution in [-0.4, -0.2) is 6.34 Å². The third kappa shape index (κ3) is 2.68. The van der Waals surface area contributed by atoms with Crippen molar-refractivity contribution in [2.75, 3.05) is 5.32 Å². The van der Waals surface area contributed by atoms with Crippen LogP contribution in [0.3, 0.4) is 0 Å². The van der Waals surface area contributed by atoms with Gasteiger partial charge >= 0.3 is 0 Å². The van der Waals surface area contributed by atoms with Gasteiger partial charge in [0.15, 0.2) is 0 Å². The van der Waals surface area contributed by atoms with Gasteiger partial charge in [0.1, 0.15) is 0 Å². The molecule has 0 fully saturated rings. The lowest BCUT2D eigenvalue weighted by molar-refractivity contribution is 1.18. The van der Waals surface area contributed by atoms with Gasteiger partial charge in [0, 0.05) is 12.1 Å². The monoisotopic (exact) mass is 372 g/mol. The fraction of sp³-hybridized carbons (Fsp3) is 0.0741. The molecule has 2 aliphatic rings. The summed E-state index contributed by atoms with van der Waals surface area (Å²) in [6.45, 7) is 0. The molecule has 1 heterocycles. The SMILES string of the molecule is C1=N\c2ccc(-c3cccc4c3Cc3ccccc3-4)cc2Cc2ccccc2N/1. The Balaban J connectivity index is 1.47. The summed E-state index contributed by atoms with van der Waals surface area (Å²) < 4.78 is 0.